The Morgan fingerprint density at radius 1 is 1.41 bits per heavy atom. The topological polar surface area (TPSA) is 32.3 Å². The van der Waals surface area contributed by atoms with Crippen LogP contribution in [0.15, 0.2) is 39.5 Å². The van der Waals surface area contributed by atoms with E-state index in [9.17, 15) is 9.18 Å². The van der Waals surface area contributed by atoms with E-state index in [-0.39, 0.29) is 17.8 Å². The molecule has 3 nitrogen and oxygen atoms in total. The number of halogens is 2. The summed E-state index contributed by atoms with van der Waals surface area (Å²) in [6.07, 6.45) is 0. The Morgan fingerprint density at radius 2 is 2.09 bits per heavy atom. The van der Waals surface area contributed by atoms with Crippen molar-refractivity contribution in [2.24, 2.45) is 0 Å². The van der Waals surface area contributed by atoms with E-state index in [0.29, 0.717) is 6.54 Å². The van der Waals surface area contributed by atoms with Crippen molar-refractivity contribution in [3.05, 3.63) is 56.4 Å². The summed E-state index contributed by atoms with van der Waals surface area (Å²) < 4.78 is 14.0. The highest BCUT2D eigenvalue weighted by Crippen LogP contribution is 2.21. The van der Waals surface area contributed by atoms with Crippen LogP contribution in [0.5, 0.6) is 0 Å². The fraction of sp³-hybridized carbons (Fsp3) is 0.312. The van der Waals surface area contributed by atoms with Gasteiger partial charge in [-0.1, -0.05) is 12.1 Å². The summed E-state index contributed by atoms with van der Waals surface area (Å²) in [4.78, 5) is 14.0. The Morgan fingerprint density at radius 3 is 2.68 bits per heavy atom. The van der Waals surface area contributed by atoms with Gasteiger partial charge in [-0.25, -0.2) is 4.39 Å². The van der Waals surface area contributed by atoms with E-state index in [1.54, 1.807) is 23.5 Å². The zero-order valence-electron chi connectivity index (χ0n) is 12.5. The molecule has 1 aromatic heterocycles. The van der Waals surface area contributed by atoms with Crippen LogP contribution < -0.4 is 5.32 Å². The average Bonchev–Trinajstić information content (AvgIpc) is 2.84. The lowest BCUT2D eigenvalue weighted by Crippen LogP contribution is -2.36. The highest BCUT2D eigenvalue weighted by atomic mass is 79.9. The van der Waals surface area contributed by atoms with Gasteiger partial charge in [-0.05, 0) is 64.6 Å². The van der Waals surface area contributed by atoms with Gasteiger partial charge in [0.15, 0.2) is 0 Å². The summed E-state index contributed by atoms with van der Waals surface area (Å²) in [5, 5.41) is 5.00. The van der Waals surface area contributed by atoms with Gasteiger partial charge in [0.1, 0.15) is 5.82 Å². The van der Waals surface area contributed by atoms with Gasteiger partial charge in [-0.15, -0.1) is 11.3 Å². The number of hydrogen-bond acceptors (Lipinski definition) is 3. The molecule has 0 fully saturated rings. The molecule has 0 aliphatic heterocycles. The highest BCUT2D eigenvalue weighted by Gasteiger charge is 2.12. The molecule has 1 N–H and O–H groups in total. The van der Waals surface area contributed by atoms with Crippen molar-refractivity contribution in [3.63, 3.8) is 0 Å². The predicted molar refractivity (Wildman–Crippen MR) is 91.3 cm³/mol. The number of hydrogen-bond donors (Lipinski definition) is 1. The van der Waals surface area contributed by atoms with Gasteiger partial charge in [-0.2, -0.15) is 0 Å². The molecule has 0 saturated carbocycles. The SMILES string of the molecule is C[C@@H](NC(=O)CN(C)Cc1csc(Br)c1)c1ccc(F)cc1. The molecule has 2 rings (SSSR count). The first-order chi connectivity index (χ1) is 10.4. The third-order valence-corrected chi connectivity index (χ3v) is 4.79. The first kappa shape index (κ1) is 17.1. The second kappa shape index (κ2) is 7.85. The molecule has 1 heterocycles. The van der Waals surface area contributed by atoms with Crippen LogP contribution in [0.1, 0.15) is 24.1 Å². The number of nitrogens with one attached hydrogen (secondary N) is 1. The van der Waals surface area contributed by atoms with E-state index in [2.05, 4.69) is 32.7 Å². The minimum atomic E-state index is -0.274. The molecule has 0 unspecified atom stereocenters. The minimum absolute atomic E-state index is 0.0476. The van der Waals surface area contributed by atoms with Crippen molar-refractivity contribution in [1.82, 2.24) is 10.2 Å². The molecule has 0 aliphatic rings. The Balaban J connectivity index is 1.82. The number of likely N-dealkylation sites (N-methyl/N-ethyl adjacent to an activating group) is 1. The van der Waals surface area contributed by atoms with Crippen LogP contribution in [0.4, 0.5) is 4.39 Å². The van der Waals surface area contributed by atoms with Gasteiger partial charge in [0.2, 0.25) is 5.91 Å². The monoisotopic (exact) mass is 384 g/mol. The van der Waals surface area contributed by atoms with E-state index in [4.69, 9.17) is 0 Å². The highest BCUT2D eigenvalue weighted by molar-refractivity contribution is 9.11. The second-order valence-corrected chi connectivity index (χ2v) is 7.56. The zero-order valence-corrected chi connectivity index (χ0v) is 14.9. The quantitative estimate of drug-likeness (QED) is 0.817. The smallest absolute Gasteiger partial charge is 0.234 e. The molecular weight excluding hydrogens is 367 g/mol. The minimum Gasteiger partial charge on any atom is -0.348 e. The predicted octanol–water partition coefficient (Wildman–Crippen LogP) is 3.96. The lowest BCUT2D eigenvalue weighted by Gasteiger charge is -2.19. The van der Waals surface area contributed by atoms with E-state index in [1.807, 2.05) is 18.9 Å². The molecule has 0 saturated heterocycles. The maximum absolute atomic E-state index is 12.9. The average molecular weight is 385 g/mol. The molecule has 0 aliphatic carbocycles. The lowest BCUT2D eigenvalue weighted by atomic mass is 10.1. The fourth-order valence-electron chi connectivity index (χ4n) is 2.16. The molecule has 2 aromatic rings. The summed E-state index contributed by atoms with van der Waals surface area (Å²) >= 11 is 5.06. The molecule has 1 amide bonds. The van der Waals surface area contributed by atoms with Crippen molar-refractivity contribution in [1.29, 1.82) is 0 Å². The molecule has 6 heteroatoms. The normalized spacial score (nSPS) is 12.4. The molecule has 118 valence electrons. The Kier molecular flexibility index (Phi) is 6.11. The number of carbonyl (C=O) groups is 1. The third-order valence-electron chi connectivity index (χ3n) is 3.24. The fourth-order valence-corrected chi connectivity index (χ4v) is 3.36. The number of benzene rings is 1. The van der Waals surface area contributed by atoms with Crippen LogP contribution in [0.3, 0.4) is 0 Å². The summed E-state index contributed by atoms with van der Waals surface area (Å²) in [5.41, 5.74) is 2.07. The molecular formula is C16H18BrFN2OS. The number of amides is 1. The summed E-state index contributed by atoms with van der Waals surface area (Å²) in [6, 6.07) is 8.09. The van der Waals surface area contributed by atoms with Gasteiger partial charge in [0.25, 0.3) is 0 Å². The van der Waals surface area contributed by atoms with Crippen molar-refractivity contribution in [2.75, 3.05) is 13.6 Å². The largest absolute Gasteiger partial charge is 0.348 e. The van der Waals surface area contributed by atoms with Crippen LogP contribution in [-0.2, 0) is 11.3 Å². The lowest BCUT2D eigenvalue weighted by molar-refractivity contribution is -0.122. The first-order valence-electron chi connectivity index (χ1n) is 6.90. The van der Waals surface area contributed by atoms with E-state index < -0.39 is 0 Å². The Hall–Kier alpha value is -1.24. The summed E-state index contributed by atoms with van der Waals surface area (Å²) in [6.45, 7) is 2.93. The summed E-state index contributed by atoms with van der Waals surface area (Å²) in [5.74, 6) is -0.322. The van der Waals surface area contributed by atoms with Crippen molar-refractivity contribution in [3.8, 4) is 0 Å². The van der Waals surface area contributed by atoms with Gasteiger partial charge in [-0.3, -0.25) is 9.69 Å². The van der Waals surface area contributed by atoms with Gasteiger partial charge < -0.3 is 5.32 Å². The van der Waals surface area contributed by atoms with Gasteiger partial charge in [0, 0.05) is 6.54 Å². The molecule has 0 bridgehead atoms. The Labute approximate surface area is 142 Å². The summed E-state index contributed by atoms with van der Waals surface area (Å²) in [7, 11) is 1.91. The van der Waals surface area contributed by atoms with Crippen LogP contribution >= 0.6 is 27.3 Å². The third kappa shape index (κ3) is 5.19. The zero-order chi connectivity index (χ0) is 16.1. The maximum atomic E-state index is 12.9. The van der Waals surface area contributed by atoms with Gasteiger partial charge in [0.05, 0.1) is 16.4 Å². The number of carbonyl (C=O) groups excluding carboxylic acids is 1. The molecule has 22 heavy (non-hydrogen) atoms. The van der Waals surface area contributed by atoms with E-state index >= 15 is 0 Å². The van der Waals surface area contributed by atoms with E-state index in [0.717, 1.165) is 15.9 Å². The number of thiophene rings is 1. The maximum Gasteiger partial charge on any atom is 0.234 e. The molecule has 0 radical (unpaired) electrons. The van der Waals surface area contributed by atoms with Crippen LogP contribution in [-0.4, -0.2) is 24.4 Å². The number of nitrogens with zero attached hydrogens (tertiary/aromatic N) is 1. The number of rotatable bonds is 6. The van der Waals surface area contributed by atoms with Crippen molar-refractivity contribution in [2.45, 2.75) is 19.5 Å². The van der Waals surface area contributed by atoms with Crippen LogP contribution in [0.25, 0.3) is 0 Å². The second-order valence-electron chi connectivity index (χ2n) is 5.27. The standard InChI is InChI=1S/C16H18BrFN2OS/c1-11(13-3-5-14(18)6-4-13)19-16(21)9-20(2)8-12-7-15(17)22-10-12/h3-7,10-11H,8-9H2,1-2H3,(H,19,21)/t11-/m1/s1. The van der Waals surface area contributed by atoms with Crippen LogP contribution in [0, 0.1) is 5.82 Å². The Bertz CT molecular complexity index is 629. The van der Waals surface area contributed by atoms with Crippen LogP contribution in [0.2, 0.25) is 0 Å². The first-order valence-corrected chi connectivity index (χ1v) is 8.57. The van der Waals surface area contributed by atoms with E-state index in [1.165, 1.54) is 17.7 Å². The van der Waals surface area contributed by atoms with Crippen molar-refractivity contribution >= 4 is 33.2 Å². The van der Waals surface area contributed by atoms with Crippen molar-refractivity contribution < 1.29 is 9.18 Å². The molecule has 0 spiro atoms. The van der Waals surface area contributed by atoms with Gasteiger partial charge >= 0.3 is 0 Å². The molecule has 1 aromatic carbocycles. The molecule has 1 atom stereocenters.